The number of aliphatic imine (C=N–C) groups is 2. The zero-order chi connectivity index (χ0) is 28.3. The first-order valence-electron chi connectivity index (χ1n) is 16.1. The molecule has 3 heteroatoms. The molecule has 0 atom stereocenters. The first-order valence-corrected chi connectivity index (χ1v) is 16.1. The average molecular weight is 588 g/mol. The fourth-order valence-electron chi connectivity index (χ4n) is 5.13. The van der Waals surface area contributed by atoms with Crippen molar-refractivity contribution in [1.29, 1.82) is 0 Å². The Balaban J connectivity index is 0.00000800. The van der Waals surface area contributed by atoms with Crippen molar-refractivity contribution in [3.8, 4) is 0 Å². The van der Waals surface area contributed by atoms with Gasteiger partial charge in [-0.2, -0.15) is 0 Å². The molecule has 0 N–H and O–H groups in total. The van der Waals surface area contributed by atoms with Crippen LogP contribution in [0.5, 0.6) is 0 Å². The molecule has 0 spiro atoms. The molecule has 0 heterocycles. The number of hydrogen-bond acceptors (Lipinski definition) is 2. The molecule has 0 aliphatic rings. The van der Waals surface area contributed by atoms with Crippen LogP contribution in [0, 0.1) is 0 Å². The van der Waals surface area contributed by atoms with Crippen molar-refractivity contribution in [1.82, 2.24) is 0 Å². The molecular weight excluding hydrogens is 531 g/mol. The third-order valence-corrected chi connectivity index (χ3v) is 7.06. The molecule has 2 aromatic rings. The molecule has 0 fully saturated rings. The van der Waals surface area contributed by atoms with Gasteiger partial charge in [-0.15, -0.1) is 0 Å². The molecule has 40 heavy (non-hydrogen) atoms. The van der Waals surface area contributed by atoms with Crippen molar-refractivity contribution in [3.63, 3.8) is 0 Å². The second kappa shape index (κ2) is 21.7. The molecule has 2 aromatic carbocycles. The Morgan fingerprint density at radius 3 is 1.43 bits per heavy atom. The summed E-state index contributed by atoms with van der Waals surface area (Å²) in [6, 6.07) is 14.0. The first kappa shape index (κ1) is 36.0. The largest absolute Gasteiger partial charge is 0.251 e. The summed E-state index contributed by atoms with van der Waals surface area (Å²) in [5, 5.41) is 0. The van der Waals surface area contributed by atoms with Crippen LogP contribution >= 0.6 is 0 Å². The summed E-state index contributed by atoms with van der Waals surface area (Å²) in [4.78, 5) is 10.7. The topological polar surface area (TPSA) is 24.7 Å². The molecule has 224 valence electrons. The van der Waals surface area contributed by atoms with Crippen LogP contribution in [0.25, 0.3) is 0 Å². The summed E-state index contributed by atoms with van der Waals surface area (Å²) in [7, 11) is 0. The van der Waals surface area contributed by atoms with Crippen LogP contribution < -0.4 is 0 Å². The molecule has 0 saturated heterocycles. The molecule has 2 nitrogen and oxygen atoms in total. The Bertz CT molecular complexity index is 1020. The summed E-state index contributed by atoms with van der Waals surface area (Å²) in [6.07, 6.45) is 21.7. The molecule has 0 amide bonds. The van der Waals surface area contributed by atoms with E-state index in [0.717, 1.165) is 99.8 Å². The molecule has 2 rings (SSSR count). The number of aryl methyl sites for hydroxylation is 4. The standard InChI is InChI=1S/C37H56N2.Ni/c1-7-13-15-16-17-23-37(39-35-28-32(20-11-5)25-33(29-35)21-12-6)36(22-14-8-2)38-34-26-30(18-9-3)24-31(27-34)19-10-4;/h17,23-29H,7-16,18-22H2,1-6H3;. The maximum Gasteiger partial charge on any atom is 0.0848 e. The molecule has 0 radical (unpaired) electrons. The maximum atomic E-state index is 5.35. The molecule has 0 aliphatic carbocycles. The summed E-state index contributed by atoms with van der Waals surface area (Å²) in [6.45, 7) is 13.6. The summed E-state index contributed by atoms with van der Waals surface area (Å²) < 4.78 is 0. The van der Waals surface area contributed by atoms with Gasteiger partial charge in [-0.1, -0.05) is 105 Å². The van der Waals surface area contributed by atoms with Gasteiger partial charge in [0, 0.05) is 16.5 Å². The van der Waals surface area contributed by atoms with E-state index < -0.39 is 0 Å². The van der Waals surface area contributed by atoms with Crippen LogP contribution in [0.4, 0.5) is 11.4 Å². The van der Waals surface area contributed by atoms with Crippen LogP contribution in [-0.2, 0) is 42.2 Å². The van der Waals surface area contributed by atoms with Gasteiger partial charge in [0.05, 0.1) is 22.8 Å². The zero-order valence-electron chi connectivity index (χ0n) is 26.4. The van der Waals surface area contributed by atoms with Gasteiger partial charge in [0.2, 0.25) is 0 Å². The van der Waals surface area contributed by atoms with Gasteiger partial charge in [0.25, 0.3) is 0 Å². The molecular formula is C37H56N2Ni. The number of rotatable bonds is 19. The van der Waals surface area contributed by atoms with E-state index in [1.54, 1.807) is 0 Å². The van der Waals surface area contributed by atoms with Crippen molar-refractivity contribution in [2.24, 2.45) is 9.98 Å². The monoisotopic (exact) mass is 586 g/mol. The number of allylic oxidation sites excluding steroid dienone is 2. The third kappa shape index (κ3) is 13.6. The van der Waals surface area contributed by atoms with E-state index in [4.69, 9.17) is 9.98 Å². The predicted octanol–water partition coefficient (Wildman–Crippen LogP) is 11.7. The second-order valence-corrected chi connectivity index (χ2v) is 11.1. The SMILES string of the molecule is CCCCCC=CC(=Nc1cc(CCC)cc(CCC)c1)C(CCCC)=Nc1cc(CCC)cc(CCC)c1.[Ni]. The van der Waals surface area contributed by atoms with Gasteiger partial charge in [0.1, 0.15) is 0 Å². The van der Waals surface area contributed by atoms with Crippen molar-refractivity contribution in [2.75, 3.05) is 0 Å². The number of hydrogen-bond donors (Lipinski definition) is 0. The van der Waals surface area contributed by atoms with Crippen molar-refractivity contribution in [2.45, 2.75) is 138 Å². The van der Waals surface area contributed by atoms with E-state index in [1.807, 2.05) is 0 Å². The van der Waals surface area contributed by atoms with Crippen LogP contribution in [0.2, 0.25) is 0 Å². The minimum atomic E-state index is 0. The van der Waals surface area contributed by atoms with E-state index in [2.05, 4.69) is 90.1 Å². The van der Waals surface area contributed by atoms with E-state index >= 15 is 0 Å². The van der Waals surface area contributed by atoms with Crippen molar-refractivity contribution >= 4 is 22.8 Å². The summed E-state index contributed by atoms with van der Waals surface area (Å²) >= 11 is 0. The molecule has 0 bridgehead atoms. The number of nitrogens with zero attached hydrogens (tertiary/aromatic N) is 2. The van der Waals surface area contributed by atoms with Gasteiger partial charge in [-0.25, -0.2) is 4.99 Å². The minimum Gasteiger partial charge on any atom is -0.251 e. The minimum absolute atomic E-state index is 0. The smallest absolute Gasteiger partial charge is 0.0848 e. The second-order valence-electron chi connectivity index (χ2n) is 11.1. The Labute approximate surface area is 257 Å². The molecule has 0 aliphatic heterocycles. The number of unbranched alkanes of at least 4 members (excludes halogenated alkanes) is 4. The van der Waals surface area contributed by atoms with Gasteiger partial charge < -0.3 is 0 Å². The van der Waals surface area contributed by atoms with E-state index in [1.165, 1.54) is 41.5 Å². The zero-order valence-corrected chi connectivity index (χ0v) is 27.4. The number of benzene rings is 2. The van der Waals surface area contributed by atoms with Crippen LogP contribution in [0.15, 0.2) is 58.5 Å². The van der Waals surface area contributed by atoms with Crippen molar-refractivity contribution in [3.05, 3.63) is 70.8 Å². The van der Waals surface area contributed by atoms with E-state index in [-0.39, 0.29) is 16.5 Å². The molecule has 0 unspecified atom stereocenters. The van der Waals surface area contributed by atoms with Gasteiger partial charge >= 0.3 is 0 Å². The summed E-state index contributed by atoms with van der Waals surface area (Å²) in [5.41, 5.74) is 9.94. The first-order chi connectivity index (χ1) is 19.1. The van der Waals surface area contributed by atoms with E-state index in [0.29, 0.717) is 0 Å². The Morgan fingerprint density at radius 1 is 0.550 bits per heavy atom. The predicted molar refractivity (Wildman–Crippen MR) is 176 cm³/mol. The quantitative estimate of drug-likeness (QED) is 0.0887. The van der Waals surface area contributed by atoms with Crippen LogP contribution in [0.3, 0.4) is 0 Å². The van der Waals surface area contributed by atoms with Crippen molar-refractivity contribution < 1.29 is 16.5 Å². The summed E-state index contributed by atoms with van der Waals surface area (Å²) in [5.74, 6) is 0. The van der Waals surface area contributed by atoms with Crippen LogP contribution in [-0.4, -0.2) is 11.4 Å². The Hall–Kier alpha value is -1.99. The normalized spacial score (nSPS) is 12.2. The van der Waals surface area contributed by atoms with Crippen LogP contribution in [0.1, 0.15) is 134 Å². The van der Waals surface area contributed by atoms with Gasteiger partial charge in [-0.05, 0) is 104 Å². The Morgan fingerprint density at radius 2 is 1.00 bits per heavy atom. The molecule has 0 aromatic heterocycles. The van der Waals surface area contributed by atoms with Gasteiger partial charge in [-0.3, -0.25) is 4.99 Å². The fraction of sp³-hybridized carbons (Fsp3) is 0.568. The Kier molecular flexibility index (Phi) is 19.6. The van der Waals surface area contributed by atoms with Gasteiger partial charge in [0.15, 0.2) is 0 Å². The fourth-order valence-corrected chi connectivity index (χ4v) is 5.13. The molecule has 0 saturated carbocycles. The third-order valence-electron chi connectivity index (χ3n) is 7.06. The maximum absolute atomic E-state index is 5.35. The van der Waals surface area contributed by atoms with E-state index in [9.17, 15) is 0 Å². The average Bonchev–Trinajstić information content (AvgIpc) is 2.91.